The maximum atomic E-state index is 10.3. The Morgan fingerprint density at radius 1 is 1.67 bits per heavy atom. The second-order valence-corrected chi connectivity index (χ2v) is 2.67. The highest BCUT2D eigenvalue weighted by Gasteiger charge is 2.23. The summed E-state index contributed by atoms with van der Waals surface area (Å²) in [4.78, 5) is 10.3. The zero-order valence-electron chi connectivity index (χ0n) is 6.34. The van der Waals surface area contributed by atoms with Gasteiger partial charge in [0.15, 0.2) is 6.10 Å². The Hall–Kier alpha value is -1.29. The number of carboxylic acids is 1. The van der Waals surface area contributed by atoms with Crippen molar-refractivity contribution in [3.05, 3.63) is 24.0 Å². The molecule has 0 radical (unpaired) electrons. The third kappa shape index (κ3) is 1.85. The average molecular weight is 170 g/mol. The lowest BCUT2D eigenvalue weighted by atomic mass is 9.94. The Bertz CT molecular complexity index is 241. The predicted molar refractivity (Wildman–Crippen MR) is 41.6 cm³/mol. The van der Waals surface area contributed by atoms with E-state index in [1.54, 1.807) is 0 Å². The van der Waals surface area contributed by atoms with Gasteiger partial charge in [-0.1, -0.05) is 6.08 Å². The summed E-state index contributed by atoms with van der Waals surface area (Å²) >= 11 is 0. The summed E-state index contributed by atoms with van der Waals surface area (Å²) in [5.41, 5.74) is 0. The molecule has 1 aliphatic rings. The Morgan fingerprint density at radius 2 is 2.33 bits per heavy atom. The van der Waals surface area contributed by atoms with Crippen molar-refractivity contribution in [2.45, 2.75) is 12.5 Å². The molecule has 0 heterocycles. The molecule has 0 aromatic heterocycles. The number of aliphatic hydroxyl groups excluding tert-OH is 2. The van der Waals surface area contributed by atoms with Gasteiger partial charge in [-0.3, -0.25) is 0 Å². The Morgan fingerprint density at radius 3 is 2.75 bits per heavy atom. The van der Waals surface area contributed by atoms with Gasteiger partial charge in [0.05, 0.1) is 0 Å². The van der Waals surface area contributed by atoms with E-state index in [1.807, 2.05) is 0 Å². The highest BCUT2D eigenvalue weighted by atomic mass is 16.4. The third-order valence-electron chi connectivity index (χ3n) is 1.77. The first-order valence-corrected chi connectivity index (χ1v) is 3.59. The Kier molecular flexibility index (Phi) is 2.50. The first-order chi connectivity index (χ1) is 5.61. The molecule has 4 nitrogen and oxygen atoms in total. The largest absolute Gasteiger partial charge is 0.508 e. The number of aliphatic hydroxyl groups is 2. The van der Waals surface area contributed by atoms with Gasteiger partial charge in [-0.05, 0) is 18.6 Å². The molecule has 1 rings (SSSR count). The van der Waals surface area contributed by atoms with E-state index in [0.717, 1.165) is 0 Å². The van der Waals surface area contributed by atoms with E-state index in [4.69, 9.17) is 15.3 Å². The van der Waals surface area contributed by atoms with Crippen LogP contribution in [0.2, 0.25) is 0 Å². The van der Waals surface area contributed by atoms with Crippen molar-refractivity contribution in [2.75, 3.05) is 0 Å². The van der Waals surface area contributed by atoms with Crippen LogP contribution in [-0.2, 0) is 4.79 Å². The van der Waals surface area contributed by atoms with Crippen LogP contribution in [0.15, 0.2) is 24.0 Å². The lowest BCUT2D eigenvalue weighted by Crippen LogP contribution is -2.28. The van der Waals surface area contributed by atoms with Crippen LogP contribution in [0.25, 0.3) is 0 Å². The van der Waals surface area contributed by atoms with E-state index >= 15 is 0 Å². The van der Waals surface area contributed by atoms with Gasteiger partial charge >= 0.3 is 5.97 Å². The molecule has 2 unspecified atom stereocenters. The van der Waals surface area contributed by atoms with Gasteiger partial charge in [0.25, 0.3) is 0 Å². The molecule has 66 valence electrons. The fourth-order valence-electron chi connectivity index (χ4n) is 1.04. The number of allylic oxidation sites excluding steroid dienone is 2. The number of carbonyl (C=O) groups is 1. The van der Waals surface area contributed by atoms with Crippen molar-refractivity contribution in [2.24, 2.45) is 5.92 Å². The molecule has 0 aliphatic heterocycles. The van der Waals surface area contributed by atoms with Crippen LogP contribution in [-0.4, -0.2) is 27.4 Å². The topological polar surface area (TPSA) is 77.8 Å². The number of rotatable bonds is 2. The van der Waals surface area contributed by atoms with Gasteiger partial charge in [-0.25, -0.2) is 4.79 Å². The van der Waals surface area contributed by atoms with Crippen molar-refractivity contribution in [3.8, 4) is 0 Å². The minimum absolute atomic E-state index is 0.115. The molecule has 4 heteroatoms. The van der Waals surface area contributed by atoms with Crippen LogP contribution in [0.5, 0.6) is 0 Å². The van der Waals surface area contributed by atoms with Gasteiger partial charge in [-0.15, -0.1) is 0 Å². The van der Waals surface area contributed by atoms with Crippen molar-refractivity contribution in [1.82, 2.24) is 0 Å². The van der Waals surface area contributed by atoms with Crippen molar-refractivity contribution in [3.63, 3.8) is 0 Å². The predicted octanol–water partition coefficient (Wildman–Crippen LogP) is 0.450. The van der Waals surface area contributed by atoms with Crippen LogP contribution in [0.4, 0.5) is 0 Å². The second kappa shape index (κ2) is 3.40. The van der Waals surface area contributed by atoms with Crippen molar-refractivity contribution in [1.29, 1.82) is 0 Å². The lowest BCUT2D eigenvalue weighted by molar-refractivity contribution is -0.148. The maximum absolute atomic E-state index is 10.3. The van der Waals surface area contributed by atoms with Gasteiger partial charge in [0, 0.05) is 5.92 Å². The SMILES string of the molecule is O=C(O)C(O)C1C=CC(O)=CC1. The van der Waals surface area contributed by atoms with Crippen LogP contribution in [0.1, 0.15) is 6.42 Å². The van der Waals surface area contributed by atoms with E-state index in [1.165, 1.54) is 18.2 Å². The number of carboxylic acid groups (broad SMARTS) is 1. The van der Waals surface area contributed by atoms with Crippen molar-refractivity contribution < 1.29 is 20.1 Å². The molecule has 1 aliphatic carbocycles. The van der Waals surface area contributed by atoms with Crippen molar-refractivity contribution >= 4 is 5.97 Å². The Labute approximate surface area is 69.5 Å². The zero-order chi connectivity index (χ0) is 9.14. The quantitative estimate of drug-likeness (QED) is 0.562. The summed E-state index contributed by atoms with van der Waals surface area (Å²) in [5, 5.41) is 26.4. The summed E-state index contributed by atoms with van der Waals surface area (Å²) in [6.45, 7) is 0. The molecule has 0 aromatic rings. The summed E-state index contributed by atoms with van der Waals surface area (Å²) in [6.07, 6.45) is 3.34. The van der Waals surface area contributed by atoms with Crippen LogP contribution in [0.3, 0.4) is 0 Å². The first-order valence-electron chi connectivity index (χ1n) is 3.59. The highest BCUT2D eigenvalue weighted by Crippen LogP contribution is 2.18. The fraction of sp³-hybridized carbons (Fsp3) is 0.375. The average Bonchev–Trinajstić information content (AvgIpc) is 2.04. The molecular weight excluding hydrogens is 160 g/mol. The molecule has 0 saturated carbocycles. The van der Waals surface area contributed by atoms with E-state index in [0.29, 0.717) is 6.42 Å². The minimum atomic E-state index is -1.38. The standard InChI is InChI=1S/C8H10O4/c9-6-3-1-5(2-4-6)7(10)8(11)12/h1,3-5,7,9-10H,2H2,(H,11,12). The fourth-order valence-corrected chi connectivity index (χ4v) is 1.04. The molecule has 0 aromatic carbocycles. The van der Waals surface area contributed by atoms with E-state index in [-0.39, 0.29) is 5.76 Å². The van der Waals surface area contributed by atoms with Crippen LogP contribution < -0.4 is 0 Å². The molecule has 12 heavy (non-hydrogen) atoms. The molecule has 0 saturated heterocycles. The number of hydrogen-bond acceptors (Lipinski definition) is 3. The van der Waals surface area contributed by atoms with E-state index < -0.39 is 18.0 Å². The highest BCUT2D eigenvalue weighted by molar-refractivity contribution is 5.72. The van der Waals surface area contributed by atoms with Crippen LogP contribution >= 0.6 is 0 Å². The normalized spacial score (nSPS) is 24.8. The molecule has 3 N–H and O–H groups in total. The summed E-state index contributed by atoms with van der Waals surface area (Å²) in [6, 6.07) is 0. The summed E-state index contributed by atoms with van der Waals surface area (Å²) in [5.74, 6) is -1.55. The molecular formula is C8H10O4. The molecule has 0 amide bonds. The number of aliphatic carboxylic acids is 1. The Balaban J connectivity index is 2.59. The lowest BCUT2D eigenvalue weighted by Gasteiger charge is -2.16. The van der Waals surface area contributed by atoms with E-state index in [2.05, 4.69) is 0 Å². The van der Waals surface area contributed by atoms with Gasteiger partial charge in [0.2, 0.25) is 0 Å². The zero-order valence-corrected chi connectivity index (χ0v) is 6.34. The molecule has 0 bridgehead atoms. The van der Waals surface area contributed by atoms with Crippen LogP contribution in [0, 0.1) is 5.92 Å². The second-order valence-electron chi connectivity index (χ2n) is 2.67. The van der Waals surface area contributed by atoms with E-state index in [9.17, 15) is 4.79 Å². The monoisotopic (exact) mass is 170 g/mol. The smallest absolute Gasteiger partial charge is 0.333 e. The summed E-state index contributed by atoms with van der Waals surface area (Å²) < 4.78 is 0. The van der Waals surface area contributed by atoms with Gasteiger partial charge in [-0.2, -0.15) is 0 Å². The maximum Gasteiger partial charge on any atom is 0.333 e. The van der Waals surface area contributed by atoms with Gasteiger partial charge < -0.3 is 15.3 Å². The summed E-state index contributed by atoms with van der Waals surface area (Å²) in [7, 11) is 0. The molecule has 0 fully saturated rings. The van der Waals surface area contributed by atoms with Gasteiger partial charge in [0.1, 0.15) is 5.76 Å². The third-order valence-corrected chi connectivity index (χ3v) is 1.77. The number of hydrogen-bond donors (Lipinski definition) is 3. The molecule has 2 atom stereocenters. The first kappa shape index (κ1) is 8.80. The molecule has 0 spiro atoms. The minimum Gasteiger partial charge on any atom is -0.508 e.